The van der Waals surface area contributed by atoms with Crippen LogP contribution in [0.5, 0.6) is 11.5 Å². The van der Waals surface area contributed by atoms with Crippen LogP contribution < -0.4 is 20.8 Å². The van der Waals surface area contributed by atoms with Crippen LogP contribution in [-0.2, 0) is 24.1 Å². The number of hydrogen-bond acceptors (Lipinski definition) is 11. The molecule has 12 nitrogen and oxygen atoms in total. The number of anilines is 1. The highest BCUT2D eigenvalue weighted by atomic mass is 31.2. The van der Waals surface area contributed by atoms with E-state index in [2.05, 4.69) is 11.1 Å². The Bertz CT molecular complexity index is 2080. The van der Waals surface area contributed by atoms with E-state index < -0.39 is 61.5 Å². The number of ether oxygens (including phenoxy) is 4. The zero-order chi connectivity index (χ0) is 40.8. The van der Waals surface area contributed by atoms with Gasteiger partial charge in [0.15, 0.2) is 12.4 Å². The molecule has 3 fully saturated rings. The minimum absolute atomic E-state index is 0.00514. The lowest BCUT2D eigenvalue weighted by Crippen LogP contribution is -2.52. The number of rotatable bonds is 16. The first-order valence-electron chi connectivity index (χ1n) is 18.9. The molecule has 3 aromatic carbocycles. The lowest BCUT2D eigenvalue weighted by Gasteiger charge is -2.43. The molecule has 15 heteroatoms. The third kappa shape index (κ3) is 6.88. The van der Waals surface area contributed by atoms with Gasteiger partial charge in [-0.2, -0.15) is 10.2 Å². The summed E-state index contributed by atoms with van der Waals surface area (Å²) in [4.78, 5) is 16.0. The van der Waals surface area contributed by atoms with Gasteiger partial charge in [-0.15, -0.1) is 0 Å². The molecule has 2 N–H and O–H groups in total. The normalized spacial score (nSPS) is 26.9. The van der Waals surface area contributed by atoms with Gasteiger partial charge in [0, 0.05) is 37.2 Å². The summed E-state index contributed by atoms with van der Waals surface area (Å²) >= 11 is 0. The van der Waals surface area contributed by atoms with E-state index in [0.29, 0.717) is 28.2 Å². The van der Waals surface area contributed by atoms with Crippen molar-refractivity contribution in [1.82, 2.24) is 14.2 Å². The molecule has 7 rings (SSSR count). The molecule has 7 atom stereocenters. The first kappa shape index (κ1) is 40.7. The number of hydrogen-bond donors (Lipinski definition) is 1. The van der Waals surface area contributed by atoms with E-state index in [4.69, 9.17) is 33.7 Å². The summed E-state index contributed by atoms with van der Waals surface area (Å²) in [7, 11) is 1.04. The average Bonchev–Trinajstić information content (AvgIpc) is 3.58. The highest BCUT2D eigenvalue weighted by Crippen LogP contribution is 2.76. The second kappa shape index (κ2) is 15.7. The number of alkyl halides is 2. The van der Waals surface area contributed by atoms with E-state index in [-0.39, 0.29) is 37.5 Å². The number of benzene rings is 3. The number of halogens is 2. The maximum absolute atomic E-state index is 18.1. The molecule has 4 aromatic rings. The number of nitrogens with zero attached hydrogens (tertiary/aromatic N) is 4. The maximum atomic E-state index is 18.1. The molecule has 1 aliphatic heterocycles. The minimum atomic E-state index is -2.13. The summed E-state index contributed by atoms with van der Waals surface area (Å²) in [5.74, 6) is 0.927. The Balaban J connectivity index is 1.43. The fourth-order valence-corrected chi connectivity index (χ4v) is 10.5. The number of nitrogen functional groups attached to an aromatic ring is 1. The molecule has 3 aliphatic rings. The average molecular weight is 804 g/mol. The quantitative estimate of drug-likeness (QED) is 0.0689. The summed E-state index contributed by atoms with van der Waals surface area (Å²) in [5, 5.41) is 9.39. The van der Waals surface area contributed by atoms with Gasteiger partial charge in [-0.05, 0) is 68.7 Å². The molecule has 1 saturated heterocycles. The highest BCUT2D eigenvalue weighted by molar-refractivity contribution is 7.44. The summed E-state index contributed by atoms with van der Waals surface area (Å²) in [6, 6.07) is 27.1. The van der Waals surface area contributed by atoms with Crippen molar-refractivity contribution in [3.63, 3.8) is 0 Å². The zero-order valence-corrected chi connectivity index (χ0v) is 33.7. The van der Waals surface area contributed by atoms with Crippen molar-refractivity contribution >= 4 is 14.5 Å². The molecule has 0 bridgehead atoms. The van der Waals surface area contributed by atoms with Crippen LogP contribution in [0, 0.1) is 11.3 Å². The molecule has 0 amide bonds. The summed E-state index contributed by atoms with van der Waals surface area (Å²) < 4.78 is 77.6. The Labute approximate surface area is 332 Å². The van der Waals surface area contributed by atoms with Gasteiger partial charge in [0.25, 0.3) is 14.1 Å². The van der Waals surface area contributed by atoms with Crippen molar-refractivity contribution in [2.75, 3.05) is 26.6 Å². The highest BCUT2D eigenvalue weighted by Gasteiger charge is 2.91. The van der Waals surface area contributed by atoms with Crippen molar-refractivity contribution in [2.24, 2.45) is 0 Å². The van der Waals surface area contributed by atoms with Gasteiger partial charge in [-0.25, -0.2) is 13.5 Å². The van der Waals surface area contributed by atoms with E-state index in [9.17, 15) is 10.1 Å². The molecule has 57 heavy (non-hydrogen) atoms. The molecule has 0 spiro atoms. The van der Waals surface area contributed by atoms with Gasteiger partial charge < -0.3 is 33.7 Å². The van der Waals surface area contributed by atoms with Gasteiger partial charge in [0.2, 0.25) is 5.95 Å². The third-order valence-electron chi connectivity index (χ3n) is 11.2. The van der Waals surface area contributed by atoms with Crippen LogP contribution in [0.15, 0.2) is 95.9 Å². The van der Waals surface area contributed by atoms with Crippen LogP contribution in [0.4, 0.5) is 14.7 Å². The maximum Gasteiger partial charge on any atom is 0.274 e. The molecular weight excluding hydrogens is 755 g/mol. The van der Waals surface area contributed by atoms with Crippen LogP contribution in [0.2, 0.25) is 0 Å². The van der Waals surface area contributed by atoms with E-state index >= 15 is 8.78 Å². The molecule has 1 aromatic heterocycles. The number of fused-ring (bicyclic) bond motifs is 3. The monoisotopic (exact) mass is 803 g/mol. The van der Waals surface area contributed by atoms with Gasteiger partial charge >= 0.3 is 0 Å². The summed E-state index contributed by atoms with van der Waals surface area (Å²) in [6.07, 6.45) is -4.12. The predicted molar refractivity (Wildman–Crippen MR) is 210 cm³/mol. The molecular formula is C42H48F2N5O7P. The van der Waals surface area contributed by atoms with Crippen molar-refractivity contribution in [2.45, 2.75) is 100 Å². The molecule has 0 radical (unpaired) electrons. The third-order valence-corrected chi connectivity index (χ3v) is 13.4. The van der Waals surface area contributed by atoms with E-state index in [1.807, 2.05) is 87.0 Å². The van der Waals surface area contributed by atoms with E-state index in [1.165, 1.54) is 10.8 Å². The topological polar surface area (TPSA) is 143 Å². The minimum Gasteiger partial charge on any atom is -0.497 e. The Kier molecular flexibility index (Phi) is 11.2. The van der Waals surface area contributed by atoms with Crippen molar-refractivity contribution in [1.29, 1.82) is 5.26 Å². The van der Waals surface area contributed by atoms with Crippen LogP contribution in [0.3, 0.4) is 0 Å². The van der Waals surface area contributed by atoms with Gasteiger partial charge in [0.1, 0.15) is 40.1 Å². The number of aromatic nitrogens is 2. The van der Waals surface area contributed by atoms with Crippen molar-refractivity contribution in [3.05, 3.63) is 118 Å². The Morgan fingerprint density at radius 1 is 0.965 bits per heavy atom. The Morgan fingerprint density at radius 2 is 1.54 bits per heavy atom. The number of nitrogens with two attached hydrogens (primary N) is 1. The lowest BCUT2D eigenvalue weighted by atomic mass is 9.79. The summed E-state index contributed by atoms with van der Waals surface area (Å²) in [5.41, 5.74) is 0.176. The van der Waals surface area contributed by atoms with Gasteiger partial charge in [0.05, 0.1) is 33.3 Å². The molecule has 302 valence electrons. The van der Waals surface area contributed by atoms with Gasteiger partial charge in [-0.1, -0.05) is 54.6 Å². The number of methoxy groups -OCH3 is 2. The molecule has 2 heterocycles. The molecule has 1 unspecified atom stereocenters. The largest absolute Gasteiger partial charge is 0.497 e. The van der Waals surface area contributed by atoms with Crippen molar-refractivity contribution < 1.29 is 36.8 Å². The van der Waals surface area contributed by atoms with Gasteiger partial charge in [-0.3, -0.25) is 9.36 Å². The molecule has 2 aliphatic carbocycles. The fraction of sp³-hybridized carbons (Fsp3) is 0.452. The number of nitriles is 1. The van der Waals surface area contributed by atoms with Crippen molar-refractivity contribution in [3.8, 4) is 17.6 Å². The Hall–Kier alpha value is -4.48. The van der Waals surface area contributed by atoms with Crippen LogP contribution in [0.1, 0.15) is 69.9 Å². The molecule has 2 saturated carbocycles. The Morgan fingerprint density at radius 3 is 2.07 bits per heavy atom. The first-order valence-corrected chi connectivity index (χ1v) is 20.1. The summed E-state index contributed by atoms with van der Waals surface area (Å²) in [6.45, 7) is 7.84. The zero-order valence-electron chi connectivity index (χ0n) is 32.8. The van der Waals surface area contributed by atoms with E-state index in [1.54, 1.807) is 38.5 Å². The fourth-order valence-electron chi connectivity index (χ4n) is 8.62. The standard InChI is InChI=1S/C42H48F2N5O7P/c1-27(2)49(28(3)4)57(53-24-10-22-45)56-40-25-39(44)26-41(39,37(40)54-36(35(40)43)48-23-21-34(50)47-38(48)46)55-42(29-11-8-7-9-12-29,30-13-17-32(51-5)18-14-30)31-15-19-33(52-6)20-16-31/h7-9,11-21,23,27-28,35-37H,10,24-26H2,1-6H3,(H2,46,47,50)/t35-,36+,37-,39-,40-,41-,57?/m0/s1. The smallest absolute Gasteiger partial charge is 0.274 e. The van der Waals surface area contributed by atoms with Crippen LogP contribution in [0.25, 0.3) is 0 Å². The van der Waals surface area contributed by atoms with Crippen LogP contribution >= 0.6 is 8.53 Å². The first-order chi connectivity index (χ1) is 27.3. The van der Waals surface area contributed by atoms with Crippen LogP contribution in [-0.4, -0.2) is 76.3 Å². The second-order valence-electron chi connectivity index (χ2n) is 15.2. The SMILES string of the molecule is COc1ccc(C(O[C@]23C[C@@]2(F)C[C@]2(OP(OCCC#N)N(C(C)C)C(C)C)[C@@H](F)[C@H](n4ccc(=O)nc4N)O[C@@H]23)(c2ccccc2)c2ccc(OC)cc2)cc1. The second-order valence-corrected chi connectivity index (χ2v) is 16.6. The predicted octanol–water partition coefficient (Wildman–Crippen LogP) is 7.37. The van der Waals surface area contributed by atoms with E-state index in [0.717, 1.165) is 6.07 Å². The lowest BCUT2D eigenvalue weighted by molar-refractivity contribution is -0.166.